The Balaban J connectivity index is 1.26. The van der Waals surface area contributed by atoms with Crippen molar-refractivity contribution in [3.63, 3.8) is 0 Å². The fraction of sp³-hybridized carbons (Fsp3) is 0.417. The number of rotatable bonds is 8. The van der Waals surface area contributed by atoms with Gasteiger partial charge in [0.2, 0.25) is 0 Å². The van der Waals surface area contributed by atoms with Crippen LogP contribution in [-0.4, -0.2) is 43.0 Å². The van der Waals surface area contributed by atoms with Gasteiger partial charge >= 0.3 is 6.18 Å². The van der Waals surface area contributed by atoms with E-state index in [2.05, 4.69) is 28.2 Å². The number of hydrogen-bond acceptors (Lipinski definition) is 6. The summed E-state index contributed by atoms with van der Waals surface area (Å²) in [5.74, 6) is 0.488. The number of amides is 1. The first-order valence-corrected chi connectivity index (χ1v) is 16.4. The van der Waals surface area contributed by atoms with Crippen LogP contribution in [0.25, 0.3) is 22.5 Å². The summed E-state index contributed by atoms with van der Waals surface area (Å²) in [7, 11) is 1.47. The Labute approximate surface area is 276 Å². The van der Waals surface area contributed by atoms with Gasteiger partial charge in [-0.05, 0) is 98.0 Å². The van der Waals surface area contributed by atoms with Gasteiger partial charge in [0.05, 0.1) is 11.6 Å². The molecule has 3 fully saturated rings. The van der Waals surface area contributed by atoms with Crippen LogP contribution in [0.4, 0.5) is 19.0 Å². The number of carbonyl (C=O) groups excluding carboxylic acids is 1. The zero-order valence-electron chi connectivity index (χ0n) is 26.8. The van der Waals surface area contributed by atoms with Gasteiger partial charge in [-0.1, -0.05) is 13.0 Å². The van der Waals surface area contributed by atoms with Gasteiger partial charge in [0.1, 0.15) is 17.2 Å². The maximum Gasteiger partial charge on any atom is 0.434 e. The summed E-state index contributed by atoms with van der Waals surface area (Å²) in [6, 6.07) is 12.1. The van der Waals surface area contributed by atoms with Crippen molar-refractivity contribution in [3.8, 4) is 28.6 Å². The molecule has 1 aromatic carbocycles. The van der Waals surface area contributed by atoms with Crippen molar-refractivity contribution in [2.45, 2.75) is 70.1 Å². The Morgan fingerprint density at radius 2 is 1.83 bits per heavy atom. The largest absolute Gasteiger partial charge is 0.434 e. The van der Waals surface area contributed by atoms with Crippen LogP contribution in [0.2, 0.25) is 0 Å². The molecular formula is C36H36F3N7O2. The van der Waals surface area contributed by atoms with E-state index in [9.17, 15) is 28.0 Å². The van der Waals surface area contributed by atoms with Gasteiger partial charge in [-0.2, -0.15) is 18.4 Å². The number of imidazole rings is 1. The number of piperidine rings is 1. The van der Waals surface area contributed by atoms with Crippen LogP contribution in [0, 0.1) is 17.2 Å². The zero-order chi connectivity index (χ0) is 33.7. The number of pyridine rings is 2. The van der Waals surface area contributed by atoms with Gasteiger partial charge < -0.3 is 14.5 Å². The first kappa shape index (κ1) is 31.8. The molecule has 0 radical (unpaired) electrons. The van der Waals surface area contributed by atoms with Crippen LogP contribution in [0.1, 0.15) is 90.3 Å². The monoisotopic (exact) mass is 655 g/mol. The number of alkyl halides is 3. The number of carbonyl (C=O) groups is 1. The molecule has 4 aromatic rings. The lowest BCUT2D eigenvalue weighted by molar-refractivity contribution is -0.140. The summed E-state index contributed by atoms with van der Waals surface area (Å²) >= 11 is 0. The summed E-state index contributed by atoms with van der Waals surface area (Å²) < 4.78 is 43.7. The lowest BCUT2D eigenvalue weighted by atomic mass is 9.96. The van der Waals surface area contributed by atoms with Crippen molar-refractivity contribution in [1.29, 1.82) is 5.26 Å². The molecule has 1 N–H and O–H groups in total. The van der Waals surface area contributed by atoms with Crippen LogP contribution in [0.3, 0.4) is 0 Å². The first-order valence-electron chi connectivity index (χ1n) is 16.4. The highest BCUT2D eigenvalue weighted by atomic mass is 19.4. The normalized spacial score (nSPS) is 18.5. The highest BCUT2D eigenvalue weighted by Gasteiger charge is 2.35. The molecule has 1 aliphatic heterocycles. The predicted molar refractivity (Wildman–Crippen MR) is 174 cm³/mol. The van der Waals surface area contributed by atoms with Gasteiger partial charge in [-0.15, -0.1) is 0 Å². The van der Waals surface area contributed by atoms with E-state index in [0.717, 1.165) is 62.6 Å². The van der Waals surface area contributed by atoms with Crippen LogP contribution in [0.15, 0.2) is 53.6 Å². The molecule has 4 heterocycles. The van der Waals surface area contributed by atoms with E-state index in [4.69, 9.17) is 4.98 Å². The number of aryl methyl sites for hydroxylation is 1. The second-order valence-corrected chi connectivity index (χ2v) is 13.5. The number of aromatic nitrogens is 4. The molecule has 3 aromatic heterocycles. The third-order valence-corrected chi connectivity index (χ3v) is 9.38. The van der Waals surface area contributed by atoms with E-state index in [1.54, 1.807) is 28.8 Å². The maximum atomic E-state index is 13.9. The highest BCUT2D eigenvalue weighted by Crippen LogP contribution is 2.42. The minimum atomic E-state index is -4.64. The van der Waals surface area contributed by atoms with Crippen molar-refractivity contribution in [2.75, 3.05) is 18.4 Å². The van der Waals surface area contributed by atoms with Crippen LogP contribution in [0.5, 0.6) is 0 Å². The van der Waals surface area contributed by atoms with Gasteiger partial charge in [0.15, 0.2) is 5.69 Å². The molecule has 1 saturated heterocycles. The number of nitriles is 1. The van der Waals surface area contributed by atoms with Gasteiger partial charge in [0, 0.05) is 55.7 Å². The molecular weight excluding hydrogens is 619 g/mol. The average Bonchev–Trinajstić information content (AvgIpc) is 3.98. The zero-order valence-corrected chi connectivity index (χ0v) is 26.8. The molecule has 248 valence electrons. The van der Waals surface area contributed by atoms with Crippen molar-refractivity contribution < 1.29 is 18.0 Å². The number of anilines is 1. The Hall–Kier alpha value is -4.76. The summed E-state index contributed by atoms with van der Waals surface area (Å²) in [5, 5.41) is 12.5. The van der Waals surface area contributed by atoms with Crippen LogP contribution < -0.4 is 10.9 Å². The number of nitrogens with one attached hydrogen (secondary N) is 1. The highest BCUT2D eigenvalue weighted by molar-refractivity contribution is 6.04. The van der Waals surface area contributed by atoms with E-state index < -0.39 is 17.8 Å². The molecule has 0 bridgehead atoms. The first-order chi connectivity index (χ1) is 23.0. The Morgan fingerprint density at radius 3 is 2.50 bits per heavy atom. The summed E-state index contributed by atoms with van der Waals surface area (Å²) in [4.78, 5) is 38.4. The minimum absolute atomic E-state index is 0.0466. The standard InChI is InChI=1S/C36H36F3N7O2/c1-21-4-3-11-45(17-21)18-23-13-29(35(48)46(19-23)26-8-9-26)34(47)43-32-15-25(14-30(41-32)24-6-7-24)27-10-5-22(16-40)12-28(27)33-42-31(20-44(33)2)36(37,38)39/h5,10,12-15,19-21,24,26H,3-4,6-9,11,17-18H2,1-2H3,(H,41,43,47)/t21-/m0/s1. The van der Waals surface area contributed by atoms with Gasteiger partial charge in [-0.25, -0.2) is 9.97 Å². The molecule has 0 spiro atoms. The molecule has 7 rings (SSSR count). The molecule has 0 unspecified atom stereocenters. The maximum absolute atomic E-state index is 13.9. The van der Waals surface area contributed by atoms with E-state index in [1.165, 1.54) is 24.1 Å². The van der Waals surface area contributed by atoms with E-state index in [-0.39, 0.29) is 40.3 Å². The van der Waals surface area contributed by atoms with Crippen molar-refractivity contribution in [2.24, 2.45) is 13.0 Å². The van der Waals surface area contributed by atoms with Crippen LogP contribution in [-0.2, 0) is 19.8 Å². The lowest BCUT2D eigenvalue weighted by Crippen LogP contribution is -2.35. The smallest absolute Gasteiger partial charge is 0.333 e. The molecule has 48 heavy (non-hydrogen) atoms. The van der Waals surface area contributed by atoms with Gasteiger partial charge in [0.25, 0.3) is 11.5 Å². The minimum Gasteiger partial charge on any atom is -0.333 e. The third-order valence-electron chi connectivity index (χ3n) is 9.38. The van der Waals surface area contributed by atoms with E-state index in [0.29, 0.717) is 29.2 Å². The van der Waals surface area contributed by atoms with Crippen molar-refractivity contribution >= 4 is 11.7 Å². The lowest BCUT2D eigenvalue weighted by Gasteiger charge is -2.31. The second-order valence-electron chi connectivity index (χ2n) is 13.5. The SMILES string of the molecule is C[C@H]1CCCN(Cc2cc(C(=O)Nc3cc(-c4ccc(C#N)cc4-c4nc(C(F)(F)F)cn4C)cc(C4CC4)n3)c(=O)n(C3CC3)c2)C1. The molecule has 2 saturated carbocycles. The molecule has 9 nitrogen and oxygen atoms in total. The summed E-state index contributed by atoms with van der Waals surface area (Å²) in [6.45, 7) is 4.84. The van der Waals surface area contributed by atoms with E-state index >= 15 is 0 Å². The second kappa shape index (κ2) is 12.4. The Morgan fingerprint density at radius 1 is 1.04 bits per heavy atom. The molecule has 2 aliphatic carbocycles. The van der Waals surface area contributed by atoms with Crippen molar-refractivity contribution in [1.82, 2.24) is 24.0 Å². The number of benzene rings is 1. The number of hydrogen-bond donors (Lipinski definition) is 1. The summed E-state index contributed by atoms with van der Waals surface area (Å²) in [5.41, 5.74) is 2.06. The quantitative estimate of drug-likeness (QED) is 0.221. The average molecular weight is 656 g/mol. The number of nitrogens with zero attached hydrogens (tertiary/aromatic N) is 6. The number of halogens is 3. The molecule has 12 heteroatoms. The Kier molecular flexibility index (Phi) is 8.19. The number of likely N-dealkylation sites (tertiary alicyclic amines) is 1. The third kappa shape index (κ3) is 6.65. The Bertz CT molecular complexity index is 2000. The molecule has 1 amide bonds. The van der Waals surface area contributed by atoms with Gasteiger partial charge in [-0.3, -0.25) is 14.5 Å². The van der Waals surface area contributed by atoms with Crippen LogP contribution >= 0.6 is 0 Å². The molecule has 1 atom stereocenters. The fourth-order valence-corrected chi connectivity index (χ4v) is 6.67. The summed E-state index contributed by atoms with van der Waals surface area (Å²) in [6.07, 6.45) is 4.11. The predicted octanol–water partition coefficient (Wildman–Crippen LogP) is 6.90. The topological polar surface area (TPSA) is 109 Å². The van der Waals surface area contributed by atoms with Crippen molar-refractivity contribution in [3.05, 3.63) is 87.2 Å². The fourth-order valence-electron chi connectivity index (χ4n) is 6.67. The van der Waals surface area contributed by atoms with E-state index in [1.807, 2.05) is 12.3 Å². The molecule has 3 aliphatic rings.